The molecule has 0 radical (unpaired) electrons. The number of likely N-dealkylation sites (tertiary alicyclic amines) is 1. The van der Waals surface area contributed by atoms with Crippen molar-refractivity contribution in [3.63, 3.8) is 0 Å². The van der Waals surface area contributed by atoms with E-state index in [2.05, 4.69) is 33.2 Å². The topological polar surface area (TPSA) is 65.6 Å². The number of benzene rings is 2. The Morgan fingerprint density at radius 2 is 1.90 bits per heavy atom. The maximum absolute atomic E-state index is 14.6. The van der Waals surface area contributed by atoms with E-state index >= 15 is 0 Å². The van der Waals surface area contributed by atoms with Crippen LogP contribution in [0.3, 0.4) is 0 Å². The van der Waals surface area contributed by atoms with E-state index in [0.717, 1.165) is 31.9 Å². The number of ether oxygens (including phenoxy) is 1. The van der Waals surface area contributed by atoms with Gasteiger partial charge in [-0.15, -0.1) is 0 Å². The molecule has 2 saturated heterocycles. The molecule has 0 bridgehead atoms. The van der Waals surface area contributed by atoms with Crippen LogP contribution in [0.25, 0.3) is 0 Å². The van der Waals surface area contributed by atoms with Crippen molar-refractivity contribution in [2.75, 3.05) is 33.3 Å². The van der Waals surface area contributed by atoms with Gasteiger partial charge in [0.25, 0.3) is 0 Å². The van der Waals surface area contributed by atoms with E-state index in [1.54, 1.807) is 19.2 Å². The Bertz CT molecular complexity index is 897. The molecule has 0 aromatic heterocycles. The molecule has 0 spiro atoms. The number of amides is 1. The summed E-state index contributed by atoms with van der Waals surface area (Å²) in [6, 6.07) is 15.2. The van der Waals surface area contributed by atoms with E-state index in [1.807, 2.05) is 18.2 Å². The smallest absolute Gasteiger partial charge is 0.217 e. The number of nitrogens with zero attached hydrogens (tertiary/aromatic N) is 1. The van der Waals surface area contributed by atoms with E-state index in [-0.39, 0.29) is 17.8 Å². The van der Waals surface area contributed by atoms with Crippen molar-refractivity contribution in [2.24, 2.45) is 5.92 Å². The summed E-state index contributed by atoms with van der Waals surface area (Å²) in [5, 5.41) is 3.07. The molecule has 2 atom stereocenters. The normalized spacial score (nSPS) is 23.5. The number of methoxy groups -OCH3 is 1. The van der Waals surface area contributed by atoms with Crippen molar-refractivity contribution in [3.8, 4) is 5.75 Å². The molecule has 0 saturated carbocycles. The fourth-order valence-electron chi connectivity index (χ4n) is 4.97. The number of carbonyl (C=O) groups excluding carboxylic acids is 1. The third-order valence-corrected chi connectivity index (χ3v) is 6.58. The summed E-state index contributed by atoms with van der Waals surface area (Å²) in [6.45, 7) is 4.94. The third-order valence-electron chi connectivity index (χ3n) is 6.58. The van der Waals surface area contributed by atoms with Gasteiger partial charge in [0.05, 0.1) is 18.7 Å². The van der Waals surface area contributed by atoms with Crippen molar-refractivity contribution < 1.29 is 13.9 Å². The lowest BCUT2D eigenvalue weighted by Gasteiger charge is -2.43. The standard InChI is InChI=1S/C24H31FN4O2/c1-17(30)27-24(21-5-3-4-6-22(21)25)11-13-29(14-12-24)16-19-15-26-28-23(19)18-7-9-20(31-2)10-8-18/h3-10,19,23,26,28H,11-16H2,1-2H3,(H,27,30). The molecule has 0 aliphatic carbocycles. The van der Waals surface area contributed by atoms with E-state index in [9.17, 15) is 9.18 Å². The molecule has 6 nitrogen and oxygen atoms in total. The Labute approximate surface area is 183 Å². The number of nitrogens with one attached hydrogen (secondary N) is 3. The summed E-state index contributed by atoms with van der Waals surface area (Å²) in [4.78, 5) is 14.4. The first-order valence-corrected chi connectivity index (χ1v) is 10.9. The van der Waals surface area contributed by atoms with Crippen LogP contribution in [0.5, 0.6) is 5.75 Å². The van der Waals surface area contributed by atoms with Gasteiger partial charge in [-0.2, -0.15) is 0 Å². The Morgan fingerprint density at radius 3 is 2.55 bits per heavy atom. The van der Waals surface area contributed by atoms with Crippen LogP contribution >= 0.6 is 0 Å². The highest BCUT2D eigenvalue weighted by molar-refractivity contribution is 5.74. The van der Waals surface area contributed by atoms with Crippen LogP contribution in [0.15, 0.2) is 48.5 Å². The first kappa shape index (κ1) is 21.7. The van der Waals surface area contributed by atoms with E-state index in [1.165, 1.54) is 18.6 Å². The number of hydrazine groups is 1. The second-order valence-electron chi connectivity index (χ2n) is 8.58. The Morgan fingerprint density at radius 1 is 1.19 bits per heavy atom. The lowest BCUT2D eigenvalue weighted by Crippen LogP contribution is -2.53. The van der Waals surface area contributed by atoms with Gasteiger partial charge in [-0.05, 0) is 36.6 Å². The Balaban J connectivity index is 1.43. The maximum Gasteiger partial charge on any atom is 0.217 e. The van der Waals surface area contributed by atoms with Gasteiger partial charge in [0.1, 0.15) is 11.6 Å². The summed E-state index contributed by atoms with van der Waals surface area (Å²) >= 11 is 0. The first-order chi connectivity index (χ1) is 15.0. The first-order valence-electron chi connectivity index (χ1n) is 10.9. The molecule has 2 heterocycles. The summed E-state index contributed by atoms with van der Waals surface area (Å²) in [5.41, 5.74) is 7.87. The lowest BCUT2D eigenvalue weighted by atomic mass is 9.80. The predicted molar refractivity (Wildman–Crippen MR) is 118 cm³/mol. The molecular weight excluding hydrogens is 395 g/mol. The van der Waals surface area contributed by atoms with Gasteiger partial charge in [-0.3, -0.25) is 10.2 Å². The van der Waals surface area contributed by atoms with Gasteiger partial charge < -0.3 is 15.0 Å². The van der Waals surface area contributed by atoms with Crippen molar-refractivity contribution in [1.29, 1.82) is 0 Å². The van der Waals surface area contributed by atoms with E-state index in [0.29, 0.717) is 24.3 Å². The monoisotopic (exact) mass is 426 g/mol. The van der Waals surface area contributed by atoms with E-state index < -0.39 is 5.54 Å². The number of piperidine rings is 1. The number of carbonyl (C=O) groups is 1. The highest BCUT2D eigenvalue weighted by Gasteiger charge is 2.40. The highest BCUT2D eigenvalue weighted by atomic mass is 19.1. The SMILES string of the molecule is COc1ccc(C2NNCC2CN2CCC(NC(C)=O)(c3ccccc3F)CC2)cc1. The molecule has 1 amide bonds. The zero-order valence-electron chi connectivity index (χ0n) is 18.2. The number of hydrogen-bond acceptors (Lipinski definition) is 5. The lowest BCUT2D eigenvalue weighted by molar-refractivity contribution is -0.121. The summed E-state index contributed by atoms with van der Waals surface area (Å²) in [7, 11) is 1.67. The van der Waals surface area contributed by atoms with Crippen molar-refractivity contribution in [3.05, 3.63) is 65.5 Å². The Kier molecular flexibility index (Phi) is 6.55. The van der Waals surface area contributed by atoms with Gasteiger partial charge in [0.2, 0.25) is 5.91 Å². The number of hydrogen-bond donors (Lipinski definition) is 3. The molecule has 2 fully saturated rings. The Hall–Kier alpha value is -2.48. The number of rotatable bonds is 6. The summed E-state index contributed by atoms with van der Waals surface area (Å²) in [6.07, 6.45) is 1.38. The van der Waals surface area contributed by atoms with Gasteiger partial charge in [-0.25, -0.2) is 9.82 Å². The van der Waals surface area contributed by atoms with Crippen LogP contribution in [-0.2, 0) is 10.3 Å². The molecule has 4 rings (SSSR count). The van der Waals surface area contributed by atoms with Gasteiger partial charge in [-0.1, -0.05) is 30.3 Å². The molecule has 2 aromatic rings. The molecule has 2 aliphatic heterocycles. The average Bonchev–Trinajstić information content (AvgIpc) is 3.23. The predicted octanol–water partition coefficient (Wildman–Crippen LogP) is 2.73. The fraction of sp³-hybridized carbons (Fsp3) is 0.458. The van der Waals surface area contributed by atoms with Crippen LogP contribution < -0.4 is 20.9 Å². The van der Waals surface area contributed by atoms with Crippen molar-refractivity contribution in [2.45, 2.75) is 31.3 Å². The quantitative estimate of drug-likeness (QED) is 0.663. The van der Waals surface area contributed by atoms with Crippen LogP contribution in [0.1, 0.15) is 36.9 Å². The molecule has 2 aliphatic rings. The van der Waals surface area contributed by atoms with Crippen molar-refractivity contribution in [1.82, 2.24) is 21.1 Å². The molecule has 2 aromatic carbocycles. The van der Waals surface area contributed by atoms with Crippen molar-refractivity contribution >= 4 is 5.91 Å². The minimum atomic E-state index is -0.644. The van der Waals surface area contributed by atoms with Gasteiger partial charge in [0.15, 0.2) is 0 Å². The minimum Gasteiger partial charge on any atom is -0.497 e. The van der Waals surface area contributed by atoms with Gasteiger partial charge in [0, 0.05) is 44.6 Å². The average molecular weight is 427 g/mol. The molecule has 166 valence electrons. The highest BCUT2D eigenvalue weighted by Crippen LogP contribution is 2.36. The van der Waals surface area contributed by atoms with Crippen LogP contribution in [0, 0.1) is 11.7 Å². The molecule has 3 N–H and O–H groups in total. The molecule has 7 heteroatoms. The zero-order valence-corrected chi connectivity index (χ0v) is 18.2. The maximum atomic E-state index is 14.6. The van der Waals surface area contributed by atoms with Crippen LogP contribution in [0.2, 0.25) is 0 Å². The fourth-order valence-corrected chi connectivity index (χ4v) is 4.97. The summed E-state index contributed by atoms with van der Waals surface area (Å²) < 4.78 is 19.9. The third kappa shape index (κ3) is 4.74. The molecule has 2 unspecified atom stereocenters. The van der Waals surface area contributed by atoms with Crippen LogP contribution in [0.4, 0.5) is 4.39 Å². The minimum absolute atomic E-state index is 0.125. The zero-order chi connectivity index (χ0) is 21.8. The van der Waals surface area contributed by atoms with Crippen LogP contribution in [-0.4, -0.2) is 44.1 Å². The number of halogens is 1. The second-order valence-corrected chi connectivity index (χ2v) is 8.58. The molecular formula is C24H31FN4O2. The van der Waals surface area contributed by atoms with E-state index in [4.69, 9.17) is 4.74 Å². The largest absolute Gasteiger partial charge is 0.497 e. The second kappa shape index (κ2) is 9.34. The van der Waals surface area contributed by atoms with Gasteiger partial charge >= 0.3 is 0 Å². The molecule has 31 heavy (non-hydrogen) atoms. The summed E-state index contributed by atoms with van der Waals surface area (Å²) in [5.74, 6) is 0.883.